The highest BCUT2D eigenvalue weighted by molar-refractivity contribution is 7.80. The van der Waals surface area contributed by atoms with E-state index in [1.807, 2.05) is 0 Å². The minimum Gasteiger partial charge on any atom is -0.466 e. The lowest BCUT2D eigenvalue weighted by atomic mass is 10.2. The minimum atomic E-state index is -4.73. The SMILES string of the molecule is CCOC(=O)CC(=S)N(C)c1ccc(OC(F)(F)F)cc1. The molecule has 1 aromatic carbocycles. The van der Waals surface area contributed by atoms with Gasteiger partial charge in [0.25, 0.3) is 0 Å². The average molecular weight is 321 g/mol. The molecule has 0 amide bonds. The number of esters is 1. The van der Waals surface area contributed by atoms with E-state index in [1.54, 1.807) is 14.0 Å². The lowest BCUT2D eigenvalue weighted by molar-refractivity contribution is -0.274. The van der Waals surface area contributed by atoms with Gasteiger partial charge in [-0.3, -0.25) is 4.79 Å². The summed E-state index contributed by atoms with van der Waals surface area (Å²) in [6.07, 6.45) is -4.80. The summed E-state index contributed by atoms with van der Waals surface area (Å²) in [6.45, 7) is 1.94. The van der Waals surface area contributed by atoms with E-state index in [1.165, 1.54) is 29.2 Å². The fourth-order valence-corrected chi connectivity index (χ4v) is 1.69. The number of carbonyl (C=O) groups excluding carboxylic acids is 1. The standard InChI is InChI=1S/C13H14F3NO3S/c1-3-19-12(18)8-11(21)17(2)9-4-6-10(7-5-9)20-13(14,15)16/h4-7H,3,8H2,1-2H3. The van der Waals surface area contributed by atoms with Crippen LogP contribution in [0.4, 0.5) is 18.9 Å². The Labute approximate surface area is 125 Å². The highest BCUT2D eigenvalue weighted by atomic mass is 32.1. The third-order valence-corrected chi connectivity index (χ3v) is 2.85. The van der Waals surface area contributed by atoms with E-state index >= 15 is 0 Å². The summed E-state index contributed by atoms with van der Waals surface area (Å²) in [5, 5.41) is 0. The second-order valence-electron chi connectivity index (χ2n) is 3.98. The van der Waals surface area contributed by atoms with E-state index in [0.717, 1.165) is 0 Å². The highest BCUT2D eigenvalue weighted by Crippen LogP contribution is 2.25. The van der Waals surface area contributed by atoms with Crippen molar-refractivity contribution in [3.8, 4) is 5.75 Å². The molecule has 4 nitrogen and oxygen atoms in total. The molecule has 0 spiro atoms. The first kappa shape index (κ1) is 17.2. The first-order chi connectivity index (χ1) is 9.73. The van der Waals surface area contributed by atoms with Crippen LogP contribution in [-0.4, -0.2) is 31.0 Å². The van der Waals surface area contributed by atoms with E-state index in [0.29, 0.717) is 10.7 Å². The number of anilines is 1. The number of thiocarbonyl (C=S) groups is 1. The van der Waals surface area contributed by atoms with Crippen molar-refractivity contribution < 1.29 is 27.4 Å². The number of hydrogen-bond acceptors (Lipinski definition) is 4. The normalized spacial score (nSPS) is 10.9. The van der Waals surface area contributed by atoms with Crippen molar-refractivity contribution in [2.24, 2.45) is 0 Å². The molecule has 0 N–H and O–H groups in total. The molecule has 0 atom stereocenters. The molecule has 0 radical (unpaired) electrons. The van der Waals surface area contributed by atoms with Gasteiger partial charge in [0.05, 0.1) is 18.0 Å². The van der Waals surface area contributed by atoms with Gasteiger partial charge >= 0.3 is 12.3 Å². The molecule has 0 aliphatic heterocycles. The van der Waals surface area contributed by atoms with Crippen molar-refractivity contribution >= 4 is 28.9 Å². The summed E-state index contributed by atoms with van der Waals surface area (Å²) in [5.41, 5.74) is 0.541. The molecule has 116 valence electrons. The van der Waals surface area contributed by atoms with Crippen LogP contribution < -0.4 is 9.64 Å². The Hall–Kier alpha value is -1.83. The van der Waals surface area contributed by atoms with Gasteiger partial charge < -0.3 is 14.4 Å². The second kappa shape index (κ2) is 7.26. The van der Waals surface area contributed by atoms with Crippen molar-refractivity contribution in [2.45, 2.75) is 19.7 Å². The summed E-state index contributed by atoms with van der Waals surface area (Å²) in [7, 11) is 1.61. The van der Waals surface area contributed by atoms with Crippen LogP contribution in [0.3, 0.4) is 0 Å². The number of hydrogen-bond donors (Lipinski definition) is 0. The fourth-order valence-electron chi connectivity index (χ4n) is 1.47. The summed E-state index contributed by atoms with van der Waals surface area (Å²) in [4.78, 5) is 13.1. The monoisotopic (exact) mass is 321 g/mol. The molecule has 0 saturated carbocycles. The Kier molecular flexibility index (Phi) is 5.95. The van der Waals surface area contributed by atoms with Gasteiger partial charge in [0.1, 0.15) is 5.75 Å². The Bertz CT molecular complexity index is 502. The van der Waals surface area contributed by atoms with Gasteiger partial charge in [-0.15, -0.1) is 13.2 Å². The molecule has 0 aliphatic rings. The van der Waals surface area contributed by atoms with Gasteiger partial charge in [-0.2, -0.15) is 0 Å². The van der Waals surface area contributed by atoms with Crippen LogP contribution in [0.1, 0.15) is 13.3 Å². The van der Waals surface area contributed by atoms with Gasteiger partial charge in [0.2, 0.25) is 0 Å². The minimum absolute atomic E-state index is 0.0690. The Balaban J connectivity index is 2.68. The first-order valence-corrected chi connectivity index (χ1v) is 6.41. The van der Waals surface area contributed by atoms with Crippen molar-refractivity contribution in [2.75, 3.05) is 18.6 Å². The molecular weight excluding hydrogens is 307 g/mol. The molecule has 0 aromatic heterocycles. The fraction of sp³-hybridized carbons (Fsp3) is 0.385. The second-order valence-corrected chi connectivity index (χ2v) is 4.45. The molecule has 1 aromatic rings. The smallest absolute Gasteiger partial charge is 0.466 e. The number of alkyl halides is 3. The van der Waals surface area contributed by atoms with Crippen LogP contribution in [-0.2, 0) is 9.53 Å². The zero-order valence-corrected chi connectivity index (χ0v) is 12.3. The van der Waals surface area contributed by atoms with Gasteiger partial charge in [0.15, 0.2) is 0 Å². The van der Waals surface area contributed by atoms with E-state index in [4.69, 9.17) is 17.0 Å². The number of halogens is 3. The van der Waals surface area contributed by atoms with Crippen molar-refractivity contribution in [1.29, 1.82) is 0 Å². The number of rotatable bonds is 5. The Morgan fingerprint density at radius 2 is 1.86 bits per heavy atom. The van der Waals surface area contributed by atoms with Crippen molar-refractivity contribution in [1.82, 2.24) is 0 Å². The Morgan fingerprint density at radius 1 is 1.29 bits per heavy atom. The van der Waals surface area contributed by atoms with Crippen LogP contribution in [0.2, 0.25) is 0 Å². The quantitative estimate of drug-likeness (QED) is 0.614. The number of nitrogens with zero attached hydrogens (tertiary/aromatic N) is 1. The molecular formula is C13H14F3NO3S. The Morgan fingerprint density at radius 3 is 2.33 bits per heavy atom. The molecule has 0 heterocycles. The first-order valence-electron chi connectivity index (χ1n) is 6.01. The van der Waals surface area contributed by atoms with Crippen LogP contribution in [0.15, 0.2) is 24.3 Å². The molecule has 21 heavy (non-hydrogen) atoms. The van der Waals surface area contributed by atoms with Gasteiger partial charge in [-0.1, -0.05) is 12.2 Å². The van der Waals surface area contributed by atoms with E-state index in [-0.39, 0.29) is 18.8 Å². The maximum absolute atomic E-state index is 12.0. The lowest BCUT2D eigenvalue weighted by Crippen LogP contribution is -2.27. The molecule has 8 heteroatoms. The predicted octanol–water partition coefficient (Wildman–Crippen LogP) is 3.30. The van der Waals surface area contributed by atoms with E-state index in [9.17, 15) is 18.0 Å². The predicted molar refractivity (Wildman–Crippen MR) is 75.4 cm³/mol. The summed E-state index contributed by atoms with van der Waals surface area (Å²) < 4.78 is 44.7. The maximum atomic E-state index is 12.0. The molecule has 0 fully saturated rings. The molecule has 0 bridgehead atoms. The zero-order valence-electron chi connectivity index (χ0n) is 11.4. The molecule has 1 rings (SSSR count). The summed E-state index contributed by atoms with van der Waals surface area (Å²) in [6, 6.07) is 5.18. The maximum Gasteiger partial charge on any atom is 0.573 e. The largest absolute Gasteiger partial charge is 0.573 e. The molecule has 0 aliphatic carbocycles. The topological polar surface area (TPSA) is 38.8 Å². The average Bonchev–Trinajstić information content (AvgIpc) is 2.37. The number of ether oxygens (including phenoxy) is 2. The lowest BCUT2D eigenvalue weighted by Gasteiger charge is -2.20. The van der Waals surface area contributed by atoms with Crippen LogP contribution in [0.25, 0.3) is 0 Å². The number of benzene rings is 1. The third-order valence-electron chi connectivity index (χ3n) is 2.43. The van der Waals surface area contributed by atoms with Gasteiger partial charge in [-0.25, -0.2) is 0 Å². The summed E-state index contributed by atoms with van der Waals surface area (Å²) >= 11 is 5.08. The molecule has 0 saturated heterocycles. The van der Waals surface area contributed by atoms with E-state index in [2.05, 4.69) is 4.74 Å². The van der Waals surface area contributed by atoms with Crippen LogP contribution in [0.5, 0.6) is 5.75 Å². The van der Waals surface area contributed by atoms with E-state index < -0.39 is 12.3 Å². The van der Waals surface area contributed by atoms with Crippen LogP contribution >= 0.6 is 12.2 Å². The highest BCUT2D eigenvalue weighted by Gasteiger charge is 2.31. The van der Waals surface area contributed by atoms with Gasteiger partial charge in [-0.05, 0) is 31.2 Å². The van der Waals surface area contributed by atoms with Crippen molar-refractivity contribution in [3.63, 3.8) is 0 Å². The summed E-state index contributed by atoms with van der Waals surface area (Å²) in [5.74, 6) is -0.776. The zero-order chi connectivity index (χ0) is 16.0. The van der Waals surface area contributed by atoms with Crippen molar-refractivity contribution in [3.05, 3.63) is 24.3 Å². The molecule has 0 unspecified atom stereocenters. The third kappa shape index (κ3) is 5.99. The van der Waals surface area contributed by atoms with Gasteiger partial charge in [0, 0.05) is 12.7 Å². The number of carbonyl (C=O) groups is 1. The van der Waals surface area contributed by atoms with Crippen LogP contribution in [0, 0.1) is 0 Å².